The Morgan fingerprint density at radius 2 is 1.86 bits per heavy atom. The molecular weight excluding hydrogens is 356 g/mol. The molecule has 0 aliphatic carbocycles. The second kappa shape index (κ2) is 8.17. The number of amides is 2. The second-order valence-electron chi connectivity index (χ2n) is 6.86. The number of likely N-dealkylation sites (N-methyl/N-ethyl adjacent to an activating group) is 1. The Labute approximate surface area is 164 Å². The predicted molar refractivity (Wildman–Crippen MR) is 109 cm³/mol. The van der Waals surface area contributed by atoms with Crippen LogP contribution in [0.4, 0.5) is 5.69 Å². The SMILES string of the molecule is COc1ccc2c(CC(=O)N(C)CC(=O)Nc3c(C)cccc3C)coc2c1. The minimum absolute atomic E-state index is 0.0176. The Kier molecular flexibility index (Phi) is 5.68. The first-order valence-corrected chi connectivity index (χ1v) is 9.03. The highest BCUT2D eigenvalue weighted by Gasteiger charge is 2.17. The average Bonchev–Trinajstić information content (AvgIpc) is 3.06. The van der Waals surface area contributed by atoms with E-state index in [4.69, 9.17) is 9.15 Å². The molecule has 2 aromatic carbocycles. The van der Waals surface area contributed by atoms with E-state index in [1.807, 2.05) is 44.2 Å². The fourth-order valence-electron chi connectivity index (χ4n) is 3.12. The molecule has 1 heterocycles. The summed E-state index contributed by atoms with van der Waals surface area (Å²) in [5, 5.41) is 3.76. The highest BCUT2D eigenvalue weighted by Crippen LogP contribution is 2.26. The van der Waals surface area contributed by atoms with Gasteiger partial charge in [0.05, 0.1) is 26.3 Å². The molecule has 0 saturated heterocycles. The van der Waals surface area contributed by atoms with Gasteiger partial charge in [0.2, 0.25) is 11.8 Å². The molecule has 28 heavy (non-hydrogen) atoms. The average molecular weight is 380 g/mol. The first-order valence-electron chi connectivity index (χ1n) is 9.03. The topological polar surface area (TPSA) is 71.8 Å². The standard InChI is InChI=1S/C22H24N2O4/c1-14-6-5-7-15(2)22(14)23-20(25)12-24(3)21(26)10-16-13-28-19-11-17(27-4)8-9-18(16)19/h5-9,11,13H,10,12H2,1-4H3,(H,23,25). The van der Waals surface area contributed by atoms with Crippen molar-refractivity contribution in [3.05, 3.63) is 59.4 Å². The number of benzene rings is 2. The van der Waals surface area contributed by atoms with Gasteiger partial charge in [0.15, 0.2) is 0 Å². The molecule has 1 aromatic heterocycles. The van der Waals surface area contributed by atoms with Gasteiger partial charge in [0.25, 0.3) is 0 Å². The third-order valence-electron chi connectivity index (χ3n) is 4.76. The second-order valence-corrected chi connectivity index (χ2v) is 6.86. The number of nitrogens with one attached hydrogen (secondary N) is 1. The van der Waals surface area contributed by atoms with E-state index in [0.717, 1.165) is 27.8 Å². The molecule has 0 atom stereocenters. The summed E-state index contributed by atoms with van der Waals surface area (Å²) in [6.07, 6.45) is 1.74. The summed E-state index contributed by atoms with van der Waals surface area (Å²) >= 11 is 0. The van der Waals surface area contributed by atoms with Crippen LogP contribution in [0.5, 0.6) is 5.75 Å². The number of rotatable bonds is 6. The van der Waals surface area contributed by atoms with Gasteiger partial charge in [0.1, 0.15) is 11.3 Å². The van der Waals surface area contributed by atoms with Crippen LogP contribution in [0, 0.1) is 13.8 Å². The Morgan fingerprint density at radius 1 is 1.14 bits per heavy atom. The van der Waals surface area contributed by atoms with Crippen molar-refractivity contribution in [2.75, 3.05) is 26.0 Å². The van der Waals surface area contributed by atoms with Gasteiger partial charge in [-0.05, 0) is 37.1 Å². The molecule has 2 amide bonds. The third kappa shape index (κ3) is 4.17. The molecule has 0 spiro atoms. The summed E-state index contributed by atoms with van der Waals surface area (Å²) in [7, 11) is 3.21. The van der Waals surface area contributed by atoms with Gasteiger partial charge in [-0.1, -0.05) is 18.2 Å². The Bertz CT molecular complexity index is 1000. The fraction of sp³-hybridized carbons (Fsp3) is 0.273. The number of para-hydroxylation sites is 1. The summed E-state index contributed by atoms with van der Waals surface area (Å²) in [5.74, 6) is 0.310. The summed E-state index contributed by atoms with van der Waals surface area (Å²) in [5.41, 5.74) is 4.22. The summed E-state index contributed by atoms with van der Waals surface area (Å²) in [4.78, 5) is 26.4. The molecule has 0 unspecified atom stereocenters. The zero-order valence-electron chi connectivity index (χ0n) is 16.5. The van der Waals surface area contributed by atoms with Crippen molar-refractivity contribution >= 4 is 28.5 Å². The van der Waals surface area contributed by atoms with Gasteiger partial charge in [-0.25, -0.2) is 0 Å². The highest BCUT2D eigenvalue weighted by molar-refractivity contribution is 5.96. The van der Waals surface area contributed by atoms with Crippen LogP contribution in [0.2, 0.25) is 0 Å². The van der Waals surface area contributed by atoms with Crippen LogP contribution < -0.4 is 10.1 Å². The smallest absolute Gasteiger partial charge is 0.243 e. The number of hydrogen-bond donors (Lipinski definition) is 1. The van der Waals surface area contributed by atoms with Gasteiger partial charge < -0.3 is 19.4 Å². The molecule has 0 radical (unpaired) electrons. The predicted octanol–water partition coefficient (Wildman–Crippen LogP) is 3.70. The van der Waals surface area contributed by atoms with E-state index >= 15 is 0 Å². The number of anilines is 1. The first-order chi connectivity index (χ1) is 13.4. The van der Waals surface area contributed by atoms with Crippen LogP contribution in [-0.4, -0.2) is 37.4 Å². The number of carbonyl (C=O) groups is 2. The Balaban J connectivity index is 1.64. The van der Waals surface area contributed by atoms with E-state index in [2.05, 4.69) is 5.32 Å². The van der Waals surface area contributed by atoms with Gasteiger partial charge in [0, 0.05) is 29.8 Å². The number of aryl methyl sites for hydroxylation is 2. The van der Waals surface area contributed by atoms with Gasteiger partial charge in [-0.15, -0.1) is 0 Å². The van der Waals surface area contributed by atoms with Crippen LogP contribution in [0.15, 0.2) is 47.1 Å². The number of nitrogens with zero attached hydrogens (tertiary/aromatic N) is 1. The lowest BCUT2D eigenvalue weighted by Crippen LogP contribution is -2.36. The molecular formula is C22H24N2O4. The van der Waals surface area contributed by atoms with Crippen molar-refractivity contribution in [2.24, 2.45) is 0 Å². The van der Waals surface area contributed by atoms with Crippen LogP contribution in [0.25, 0.3) is 11.0 Å². The van der Waals surface area contributed by atoms with E-state index in [1.54, 1.807) is 26.5 Å². The minimum atomic E-state index is -0.227. The maximum Gasteiger partial charge on any atom is 0.243 e. The van der Waals surface area contributed by atoms with E-state index in [1.165, 1.54) is 4.90 Å². The van der Waals surface area contributed by atoms with Crippen molar-refractivity contribution in [2.45, 2.75) is 20.3 Å². The van der Waals surface area contributed by atoms with Crippen molar-refractivity contribution in [1.29, 1.82) is 0 Å². The van der Waals surface area contributed by atoms with Gasteiger partial charge >= 0.3 is 0 Å². The normalized spacial score (nSPS) is 10.7. The lowest BCUT2D eigenvalue weighted by Gasteiger charge is -2.18. The molecule has 0 fully saturated rings. The lowest BCUT2D eigenvalue weighted by molar-refractivity contribution is -0.132. The maximum atomic E-state index is 12.6. The molecule has 3 aromatic rings. The molecule has 0 bridgehead atoms. The summed E-state index contributed by atoms with van der Waals surface area (Å²) in [6, 6.07) is 11.3. The van der Waals surface area contributed by atoms with E-state index in [0.29, 0.717) is 11.3 Å². The fourth-order valence-corrected chi connectivity index (χ4v) is 3.12. The van der Waals surface area contributed by atoms with Gasteiger partial charge in [-0.3, -0.25) is 9.59 Å². The van der Waals surface area contributed by atoms with Crippen LogP contribution in [-0.2, 0) is 16.0 Å². The molecule has 0 aliphatic rings. The molecule has 1 N–H and O–H groups in total. The highest BCUT2D eigenvalue weighted by atomic mass is 16.5. The molecule has 6 nitrogen and oxygen atoms in total. The van der Waals surface area contributed by atoms with E-state index in [-0.39, 0.29) is 24.8 Å². The number of carbonyl (C=O) groups excluding carboxylic acids is 2. The van der Waals surface area contributed by atoms with Gasteiger partial charge in [-0.2, -0.15) is 0 Å². The quantitative estimate of drug-likeness (QED) is 0.708. The van der Waals surface area contributed by atoms with Crippen LogP contribution in [0.3, 0.4) is 0 Å². The zero-order chi connectivity index (χ0) is 20.3. The van der Waals surface area contributed by atoms with Crippen molar-refractivity contribution < 1.29 is 18.7 Å². The number of furan rings is 1. The Hall–Kier alpha value is -3.28. The zero-order valence-corrected chi connectivity index (χ0v) is 16.5. The largest absolute Gasteiger partial charge is 0.497 e. The minimum Gasteiger partial charge on any atom is -0.497 e. The van der Waals surface area contributed by atoms with E-state index < -0.39 is 0 Å². The number of fused-ring (bicyclic) bond motifs is 1. The molecule has 0 aliphatic heterocycles. The first kappa shape index (κ1) is 19.5. The molecule has 0 saturated carbocycles. The number of methoxy groups -OCH3 is 1. The molecule has 3 rings (SSSR count). The summed E-state index contributed by atoms with van der Waals surface area (Å²) in [6.45, 7) is 3.86. The third-order valence-corrected chi connectivity index (χ3v) is 4.76. The van der Waals surface area contributed by atoms with Crippen molar-refractivity contribution in [3.8, 4) is 5.75 Å². The van der Waals surface area contributed by atoms with E-state index in [9.17, 15) is 9.59 Å². The van der Waals surface area contributed by atoms with Crippen LogP contribution >= 0.6 is 0 Å². The summed E-state index contributed by atoms with van der Waals surface area (Å²) < 4.78 is 10.7. The number of ether oxygens (including phenoxy) is 1. The Morgan fingerprint density at radius 3 is 2.54 bits per heavy atom. The van der Waals surface area contributed by atoms with Crippen molar-refractivity contribution in [3.63, 3.8) is 0 Å². The lowest BCUT2D eigenvalue weighted by atomic mass is 10.1. The van der Waals surface area contributed by atoms with Crippen molar-refractivity contribution in [1.82, 2.24) is 4.90 Å². The number of hydrogen-bond acceptors (Lipinski definition) is 4. The maximum absolute atomic E-state index is 12.6. The van der Waals surface area contributed by atoms with Crippen LogP contribution in [0.1, 0.15) is 16.7 Å². The monoisotopic (exact) mass is 380 g/mol. The molecule has 146 valence electrons. The molecule has 6 heteroatoms.